The predicted molar refractivity (Wildman–Crippen MR) is 77.0 cm³/mol. The Morgan fingerprint density at radius 3 is 2.29 bits per heavy atom. The van der Waals surface area contributed by atoms with Crippen LogP contribution in [0, 0.1) is 5.82 Å². The highest BCUT2D eigenvalue weighted by Gasteiger charge is 2.31. The highest BCUT2D eigenvalue weighted by molar-refractivity contribution is 6.33. The predicted octanol–water partition coefficient (Wildman–Crippen LogP) is 5.05. The van der Waals surface area contributed by atoms with Gasteiger partial charge in [0, 0.05) is 17.1 Å². The van der Waals surface area contributed by atoms with Crippen molar-refractivity contribution in [1.29, 1.82) is 0 Å². The number of halogens is 6. The summed E-state index contributed by atoms with van der Waals surface area (Å²) in [5.74, 6) is -0.573. The molecule has 0 fully saturated rings. The number of benzene rings is 2. The Kier molecular flexibility index (Phi) is 5.61. The van der Waals surface area contributed by atoms with E-state index in [1.807, 2.05) is 0 Å². The van der Waals surface area contributed by atoms with Crippen molar-refractivity contribution in [2.75, 3.05) is 0 Å². The minimum absolute atomic E-state index is 0. The van der Waals surface area contributed by atoms with E-state index in [0.29, 0.717) is 5.56 Å². The normalized spacial score (nSPS) is 11.1. The molecule has 0 heterocycles. The van der Waals surface area contributed by atoms with Crippen molar-refractivity contribution in [3.05, 3.63) is 58.4 Å². The van der Waals surface area contributed by atoms with E-state index in [1.54, 1.807) is 0 Å². The molecule has 0 radical (unpaired) electrons. The zero-order valence-electron chi connectivity index (χ0n) is 10.5. The van der Waals surface area contributed by atoms with Crippen molar-refractivity contribution in [3.8, 4) is 11.1 Å². The number of nitrogens with two attached hydrogens (primary N) is 1. The first-order valence-corrected chi connectivity index (χ1v) is 6.05. The molecule has 0 amide bonds. The largest absolute Gasteiger partial charge is 0.416 e. The van der Waals surface area contributed by atoms with E-state index in [0.717, 1.165) is 24.3 Å². The summed E-state index contributed by atoms with van der Waals surface area (Å²) in [4.78, 5) is 0. The topological polar surface area (TPSA) is 26.0 Å². The van der Waals surface area contributed by atoms with Gasteiger partial charge in [0.2, 0.25) is 0 Å². The van der Waals surface area contributed by atoms with Gasteiger partial charge < -0.3 is 5.73 Å². The lowest BCUT2D eigenvalue weighted by atomic mass is 9.99. The van der Waals surface area contributed by atoms with Crippen molar-refractivity contribution in [2.45, 2.75) is 12.7 Å². The molecule has 0 saturated carbocycles. The Bertz CT molecular complexity index is 641. The van der Waals surface area contributed by atoms with Gasteiger partial charge in [-0.05, 0) is 47.5 Å². The second kappa shape index (κ2) is 6.64. The van der Waals surface area contributed by atoms with Crippen LogP contribution in [0.5, 0.6) is 0 Å². The van der Waals surface area contributed by atoms with Gasteiger partial charge in [0.15, 0.2) is 0 Å². The third-order valence-electron chi connectivity index (χ3n) is 2.80. The van der Waals surface area contributed by atoms with Crippen LogP contribution in [0.4, 0.5) is 17.6 Å². The van der Waals surface area contributed by atoms with E-state index in [9.17, 15) is 17.6 Å². The van der Waals surface area contributed by atoms with Crippen LogP contribution in [0.2, 0.25) is 5.02 Å². The first-order valence-electron chi connectivity index (χ1n) is 5.68. The lowest BCUT2D eigenvalue weighted by molar-refractivity contribution is -0.137. The standard InChI is InChI=1S/C14H10ClF4N.ClH/c15-13-2-1-11(16)6-12(13)9-3-8(7-20)4-10(5-9)14(17,18)19;/h1-6H,7,20H2;1H. The SMILES string of the molecule is Cl.NCc1cc(-c2cc(F)ccc2Cl)cc(C(F)(F)F)c1. The van der Waals surface area contributed by atoms with Crippen molar-refractivity contribution >= 4 is 24.0 Å². The summed E-state index contributed by atoms with van der Waals surface area (Å²) in [6.07, 6.45) is -4.50. The van der Waals surface area contributed by atoms with E-state index in [1.165, 1.54) is 12.1 Å². The smallest absolute Gasteiger partial charge is 0.326 e. The fourth-order valence-corrected chi connectivity index (χ4v) is 2.07. The Balaban J connectivity index is 0.00000220. The lowest BCUT2D eigenvalue weighted by Gasteiger charge is -2.12. The molecule has 21 heavy (non-hydrogen) atoms. The molecule has 2 N–H and O–H groups in total. The Hall–Kier alpha value is -1.30. The third kappa shape index (κ3) is 4.09. The van der Waals surface area contributed by atoms with Gasteiger partial charge >= 0.3 is 6.18 Å². The highest BCUT2D eigenvalue weighted by Crippen LogP contribution is 2.35. The molecule has 2 aromatic rings. The lowest BCUT2D eigenvalue weighted by Crippen LogP contribution is -2.07. The molecule has 0 aliphatic heterocycles. The summed E-state index contributed by atoms with van der Waals surface area (Å²) >= 11 is 5.91. The maximum absolute atomic E-state index is 13.2. The molecule has 0 aliphatic rings. The van der Waals surface area contributed by atoms with Gasteiger partial charge in [-0.25, -0.2) is 4.39 Å². The number of hydrogen-bond donors (Lipinski definition) is 1. The molecule has 0 spiro atoms. The first kappa shape index (κ1) is 17.8. The van der Waals surface area contributed by atoms with Crippen LogP contribution < -0.4 is 5.73 Å². The fraction of sp³-hybridized carbons (Fsp3) is 0.143. The van der Waals surface area contributed by atoms with Crippen LogP contribution in [0.1, 0.15) is 11.1 Å². The van der Waals surface area contributed by atoms with Gasteiger partial charge in [0.1, 0.15) is 5.82 Å². The zero-order valence-corrected chi connectivity index (χ0v) is 12.1. The van der Waals surface area contributed by atoms with E-state index in [4.69, 9.17) is 17.3 Å². The Labute approximate surface area is 130 Å². The van der Waals surface area contributed by atoms with Crippen LogP contribution in [0.3, 0.4) is 0 Å². The number of alkyl halides is 3. The minimum Gasteiger partial charge on any atom is -0.326 e. The average molecular weight is 340 g/mol. The summed E-state index contributed by atoms with van der Waals surface area (Å²) in [6, 6.07) is 6.91. The Morgan fingerprint density at radius 1 is 1.05 bits per heavy atom. The molecule has 7 heteroatoms. The number of hydrogen-bond acceptors (Lipinski definition) is 1. The van der Waals surface area contributed by atoms with Crippen LogP contribution in [-0.2, 0) is 12.7 Å². The van der Waals surface area contributed by atoms with Gasteiger partial charge in [-0.15, -0.1) is 12.4 Å². The van der Waals surface area contributed by atoms with Gasteiger partial charge in [-0.2, -0.15) is 13.2 Å². The highest BCUT2D eigenvalue weighted by atomic mass is 35.5. The second-order valence-corrected chi connectivity index (χ2v) is 4.65. The average Bonchev–Trinajstić information content (AvgIpc) is 2.40. The Morgan fingerprint density at radius 2 is 1.71 bits per heavy atom. The summed E-state index contributed by atoms with van der Waals surface area (Å²) in [6.45, 7) is -0.0517. The van der Waals surface area contributed by atoms with Crippen LogP contribution in [0.25, 0.3) is 11.1 Å². The van der Waals surface area contributed by atoms with Crippen LogP contribution in [0.15, 0.2) is 36.4 Å². The maximum atomic E-state index is 13.2. The molecular formula is C14H11Cl2F4N. The minimum atomic E-state index is -4.50. The second-order valence-electron chi connectivity index (χ2n) is 4.24. The molecule has 0 atom stereocenters. The summed E-state index contributed by atoms with van der Waals surface area (Å²) in [5.41, 5.74) is 5.25. The van der Waals surface area contributed by atoms with E-state index in [-0.39, 0.29) is 35.1 Å². The summed E-state index contributed by atoms with van der Waals surface area (Å²) in [5, 5.41) is 0.175. The third-order valence-corrected chi connectivity index (χ3v) is 3.12. The van der Waals surface area contributed by atoms with E-state index < -0.39 is 17.6 Å². The maximum Gasteiger partial charge on any atom is 0.416 e. The molecule has 0 saturated heterocycles. The van der Waals surface area contributed by atoms with Crippen molar-refractivity contribution < 1.29 is 17.6 Å². The molecular weight excluding hydrogens is 329 g/mol. The van der Waals surface area contributed by atoms with Crippen molar-refractivity contribution in [2.24, 2.45) is 5.73 Å². The quantitative estimate of drug-likeness (QED) is 0.761. The molecule has 1 nitrogen and oxygen atoms in total. The van der Waals surface area contributed by atoms with Crippen molar-refractivity contribution in [3.63, 3.8) is 0 Å². The van der Waals surface area contributed by atoms with Gasteiger partial charge in [-0.3, -0.25) is 0 Å². The molecule has 0 unspecified atom stereocenters. The number of rotatable bonds is 2. The molecule has 0 aromatic heterocycles. The monoisotopic (exact) mass is 339 g/mol. The molecule has 2 aromatic carbocycles. The molecule has 0 bridgehead atoms. The van der Waals surface area contributed by atoms with E-state index >= 15 is 0 Å². The summed E-state index contributed by atoms with van der Waals surface area (Å²) < 4.78 is 51.7. The first-order chi connectivity index (χ1) is 9.31. The van der Waals surface area contributed by atoms with E-state index in [2.05, 4.69) is 0 Å². The molecule has 2 rings (SSSR count). The molecule has 114 valence electrons. The van der Waals surface area contributed by atoms with Gasteiger partial charge in [-0.1, -0.05) is 11.6 Å². The molecule has 0 aliphatic carbocycles. The van der Waals surface area contributed by atoms with Gasteiger partial charge in [0.25, 0.3) is 0 Å². The van der Waals surface area contributed by atoms with Crippen LogP contribution in [-0.4, -0.2) is 0 Å². The summed E-state index contributed by atoms with van der Waals surface area (Å²) in [7, 11) is 0. The zero-order chi connectivity index (χ0) is 14.9. The van der Waals surface area contributed by atoms with Gasteiger partial charge in [0.05, 0.1) is 5.56 Å². The van der Waals surface area contributed by atoms with Crippen LogP contribution >= 0.6 is 24.0 Å². The van der Waals surface area contributed by atoms with Crippen molar-refractivity contribution in [1.82, 2.24) is 0 Å². The fourth-order valence-electron chi connectivity index (χ4n) is 1.85.